The van der Waals surface area contributed by atoms with Gasteiger partial charge in [0.2, 0.25) is 0 Å². The summed E-state index contributed by atoms with van der Waals surface area (Å²) in [5.41, 5.74) is 1.48. The van der Waals surface area contributed by atoms with Gasteiger partial charge in [-0.1, -0.05) is 0 Å². The maximum Gasteiger partial charge on any atom is 0.410 e. The van der Waals surface area contributed by atoms with Crippen molar-refractivity contribution in [2.24, 2.45) is 0 Å². The molecule has 0 saturated carbocycles. The summed E-state index contributed by atoms with van der Waals surface area (Å²) in [6, 6.07) is 2.06. The fourth-order valence-corrected chi connectivity index (χ4v) is 3.77. The van der Waals surface area contributed by atoms with Gasteiger partial charge in [-0.05, 0) is 33.6 Å². The van der Waals surface area contributed by atoms with Gasteiger partial charge in [-0.3, -0.25) is 4.40 Å². The molecular formula is C20H29N5O3. The first kappa shape index (κ1) is 19.0. The minimum atomic E-state index is -0.474. The zero-order chi connectivity index (χ0) is 19.7. The summed E-state index contributed by atoms with van der Waals surface area (Å²) in [6.07, 6.45) is 5.43. The van der Waals surface area contributed by atoms with E-state index in [9.17, 15) is 4.79 Å². The number of anilines is 1. The molecule has 8 nitrogen and oxygen atoms in total. The van der Waals surface area contributed by atoms with Crippen LogP contribution in [0.15, 0.2) is 18.6 Å². The van der Waals surface area contributed by atoms with Crippen molar-refractivity contribution in [3.63, 3.8) is 0 Å². The Balaban J connectivity index is 1.47. The van der Waals surface area contributed by atoms with Gasteiger partial charge in [-0.2, -0.15) is 0 Å². The lowest BCUT2D eigenvalue weighted by Gasteiger charge is -2.26. The molecule has 0 radical (unpaired) electrons. The molecule has 2 saturated heterocycles. The Kier molecular flexibility index (Phi) is 5.14. The normalized spacial score (nSPS) is 21.2. The van der Waals surface area contributed by atoms with Crippen LogP contribution in [0.3, 0.4) is 0 Å². The Bertz CT molecular complexity index is 838. The predicted molar refractivity (Wildman–Crippen MR) is 106 cm³/mol. The molecule has 2 aliphatic rings. The highest BCUT2D eigenvalue weighted by atomic mass is 16.6. The van der Waals surface area contributed by atoms with Crippen LogP contribution in [-0.4, -0.2) is 70.4 Å². The standard InChI is InChI=1S/C20H29N5O3/c1-20(2,3)28-19(26)24-7-4-6-23(8-9-24)18-12-21-17-11-16(22-14-25(17)18)15-5-10-27-13-15/h11-12,14-15H,4-10,13H2,1-3H3. The van der Waals surface area contributed by atoms with Gasteiger partial charge in [0.1, 0.15) is 23.4 Å². The van der Waals surface area contributed by atoms with Crippen molar-refractivity contribution in [3.05, 3.63) is 24.3 Å². The third-order valence-corrected chi connectivity index (χ3v) is 5.22. The molecule has 1 atom stereocenters. The first-order chi connectivity index (χ1) is 13.4. The number of nitrogens with zero attached hydrogens (tertiary/aromatic N) is 5. The highest BCUT2D eigenvalue weighted by Crippen LogP contribution is 2.26. The van der Waals surface area contributed by atoms with E-state index in [1.807, 2.05) is 37.7 Å². The minimum Gasteiger partial charge on any atom is -0.444 e. The van der Waals surface area contributed by atoms with Crippen molar-refractivity contribution in [2.45, 2.75) is 45.1 Å². The summed E-state index contributed by atoms with van der Waals surface area (Å²) >= 11 is 0. The van der Waals surface area contributed by atoms with Gasteiger partial charge >= 0.3 is 6.09 Å². The van der Waals surface area contributed by atoms with E-state index < -0.39 is 5.60 Å². The predicted octanol–water partition coefficient (Wildman–Crippen LogP) is 2.68. The van der Waals surface area contributed by atoms with E-state index in [1.165, 1.54) is 0 Å². The largest absolute Gasteiger partial charge is 0.444 e. The molecule has 4 rings (SSSR count). The van der Waals surface area contributed by atoms with Gasteiger partial charge in [-0.25, -0.2) is 14.8 Å². The SMILES string of the molecule is CC(C)(C)OC(=O)N1CCCN(c2cnc3cc(C4CCOC4)ncn23)CC1. The van der Waals surface area contributed by atoms with E-state index in [0.717, 1.165) is 56.3 Å². The second-order valence-electron chi connectivity index (χ2n) is 8.53. The van der Waals surface area contributed by atoms with E-state index in [-0.39, 0.29) is 6.09 Å². The monoisotopic (exact) mass is 387 g/mol. The summed E-state index contributed by atoms with van der Waals surface area (Å²) in [6.45, 7) is 10.2. The number of aromatic nitrogens is 3. The van der Waals surface area contributed by atoms with Crippen LogP contribution >= 0.6 is 0 Å². The summed E-state index contributed by atoms with van der Waals surface area (Å²) in [5.74, 6) is 1.38. The molecule has 2 aliphatic heterocycles. The highest BCUT2D eigenvalue weighted by Gasteiger charge is 2.26. The number of imidazole rings is 1. The molecule has 0 N–H and O–H groups in total. The zero-order valence-corrected chi connectivity index (χ0v) is 16.9. The number of carbonyl (C=O) groups excluding carboxylic acids is 1. The first-order valence-corrected chi connectivity index (χ1v) is 10.0. The average molecular weight is 387 g/mol. The molecular weight excluding hydrogens is 358 g/mol. The second kappa shape index (κ2) is 7.58. The van der Waals surface area contributed by atoms with Crippen LogP contribution in [0.4, 0.5) is 10.6 Å². The van der Waals surface area contributed by atoms with Gasteiger partial charge in [0.15, 0.2) is 0 Å². The molecule has 4 heterocycles. The smallest absolute Gasteiger partial charge is 0.410 e. The van der Waals surface area contributed by atoms with Gasteiger partial charge in [0, 0.05) is 44.8 Å². The molecule has 0 aromatic carbocycles. The van der Waals surface area contributed by atoms with Crippen LogP contribution in [0.1, 0.15) is 45.2 Å². The molecule has 2 aromatic heterocycles. The topological polar surface area (TPSA) is 72.2 Å². The Hall–Kier alpha value is -2.35. The van der Waals surface area contributed by atoms with Gasteiger partial charge in [0.05, 0.1) is 18.5 Å². The highest BCUT2D eigenvalue weighted by molar-refractivity contribution is 5.68. The lowest BCUT2D eigenvalue weighted by Crippen LogP contribution is -2.39. The molecule has 1 amide bonds. The quantitative estimate of drug-likeness (QED) is 0.789. The zero-order valence-electron chi connectivity index (χ0n) is 16.9. The third-order valence-electron chi connectivity index (χ3n) is 5.22. The number of fused-ring (bicyclic) bond motifs is 1. The van der Waals surface area contributed by atoms with E-state index in [4.69, 9.17) is 9.47 Å². The van der Waals surface area contributed by atoms with Crippen molar-refractivity contribution in [1.82, 2.24) is 19.3 Å². The first-order valence-electron chi connectivity index (χ1n) is 10.0. The van der Waals surface area contributed by atoms with Crippen LogP contribution in [0.25, 0.3) is 5.65 Å². The Labute approximate surface area is 165 Å². The van der Waals surface area contributed by atoms with Crippen LogP contribution in [-0.2, 0) is 9.47 Å². The van der Waals surface area contributed by atoms with Gasteiger partial charge < -0.3 is 19.3 Å². The van der Waals surface area contributed by atoms with Crippen molar-refractivity contribution >= 4 is 17.6 Å². The maximum absolute atomic E-state index is 12.4. The fourth-order valence-electron chi connectivity index (χ4n) is 3.77. The second-order valence-corrected chi connectivity index (χ2v) is 8.53. The van der Waals surface area contributed by atoms with Crippen molar-refractivity contribution in [3.8, 4) is 0 Å². The van der Waals surface area contributed by atoms with E-state index in [2.05, 4.69) is 20.9 Å². The molecule has 152 valence electrons. The van der Waals surface area contributed by atoms with Gasteiger partial charge in [0.25, 0.3) is 0 Å². The van der Waals surface area contributed by atoms with Crippen LogP contribution in [0, 0.1) is 0 Å². The van der Waals surface area contributed by atoms with E-state index in [1.54, 1.807) is 4.90 Å². The summed E-state index contributed by atoms with van der Waals surface area (Å²) in [5, 5.41) is 0. The molecule has 0 bridgehead atoms. The Morgan fingerprint density at radius 3 is 2.82 bits per heavy atom. The number of rotatable bonds is 2. The van der Waals surface area contributed by atoms with E-state index in [0.29, 0.717) is 19.0 Å². The molecule has 8 heteroatoms. The molecule has 1 unspecified atom stereocenters. The molecule has 0 spiro atoms. The van der Waals surface area contributed by atoms with Crippen molar-refractivity contribution in [2.75, 3.05) is 44.3 Å². The van der Waals surface area contributed by atoms with Crippen molar-refractivity contribution in [1.29, 1.82) is 0 Å². The summed E-state index contributed by atoms with van der Waals surface area (Å²) in [7, 11) is 0. The lowest BCUT2D eigenvalue weighted by molar-refractivity contribution is 0.0263. The molecule has 28 heavy (non-hydrogen) atoms. The molecule has 2 aromatic rings. The summed E-state index contributed by atoms with van der Waals surface area (Å²) < 4.78 is 13.0. The fraction of sp³-hybridized carbons (Fsp3) is 0.650. The van der Waals surface area contributed by atoms with Gasteiger partial charge in [-0.15, -0.1) is 0 Å². The summed E-state index contributed by atoms with van der Waals surface area (Å²) in [4.78, 5) is 25.7. The molecule has 0 aliphatic carbocycles. The number of ether oxygens (including phenoxy) is 2. The number of hydrogen-bond donors (Lipinski definition) is 0. The number of carbonyl (C=O) groups is 1. The lowest BCUT2D eigenvalue weighted by atomic mass is 10.1. The Morgan fingerprint density at radius 1 is 1.21 bits per heavy atom. The average Bonchev–Trinajstić information content (AvgIpc) is 3.25. The van der Waals surface area contributed by atoms with Crippen molar-refractivity contribution < 1.29 is 14.3 Å². The number of hydrogen-bond acceptors (Lipinski definition) is 6. The Morgan fingerprint density at radius 2 is 2.07 bits per heavy atom. The number of amides is 1. The van der Waals surface area contributed by atoms with Crippen LogP contribution in [0.2, 0.25) is 0 Å². The third kappa shape index (κ3) is 4.06. The minimum absolute atomic E-state index is 0.238. The molecule has 2 fully saturated rings. The maximum atomic E-state index is 12.4. The van der Waals surface area contributed by atoms with Crippen LogP contribution < -0.4 is 4.90 Å². The van der Waals surface area contributed by atoms with E-state index >= 15 is 0 Å². The van der Waals surface area contributed by atoms with Crippen LogP contribution in [0.5, 0.6) is 0 Å².